The molecule has 4 nitrogen and oxygen atoms in total. The van der Waals surface area contributed by atoms with Crippen LogP contribution >= 0.6 is 11.3 Å². The van der Waals surface area contributed by atoms with Crippen LogP contribution in [0.25, 0.3) is 0 Å². The molecule has 1 saturated carbocycles. The van der Waals surface area contributed by atoms with Crippen molar-refractivity contribution >= 4 is 17.2 Å². The molecule has 1 aromatic carbocycles. The smallest absolute Gasteiger partial charge is 0.226 e. The van der Waals surface area contributed by atoms with Crippen molar-refractivity contribution in [2.24, 2.45) is 5.92 Å². The summed E-state index contributed by atoms with van der Waals surface area (Å²) in [6.07, 6.45) is 3.04. The fraction of sp³-hybridized carbons (Fsp3) is 0.524. The zero-order valence-electron chi connectivity index (χ0n) is 16.1. The molecule has 26 heavy (non-hydrogen) atoms. The summed E-state index contributed by atoms with van der Waals surface area (Å²) in [5.41, 5.74) is 3.36. The molecule has 140 valence electrons. The lowest BCUT2D eigenvalue weighted by Gasteiger charge is -2.28. The first-order chi connectivity index (χ1) is 12.5. The van der Waals surface area contributed by atoms with E-state index in [1.807, 2.05) is 17.0 Å². The zero-order chi connectivity index (χ0) is 18.7. The highest BCUT2D eigenvalue weighted by Gasteiger charge is 2.35. The Morgan fingerprint density at radius 3 is 2.85 bits per heavy atom. The number of hydrogen-bond acceptors (Lipinski definition) is 4. The summed E-state index contributed by atoms with van der Waals surface area (Å²) in [7, 11) is 0. The molecule has 1 heterocycles. The van der Waals surface area contributed by atoms with Crippen molar-refractivity contribution in [3.05, 3.63) is 45.4 Å². The van der Waals surface area contributed by atoms with Gasteiger partial charge in [-0.25, -0.2) is 4.98 Å². The van der Waals surface area contributed by atoms with Gasteiger partial charge in [0.05, 0.1) is 12.2 Å². The van der Waals surface area contributed by atoms with Crippen molar-refractivity contribution in [1.82, 2.24) is 9.88 Å². The number of carbonyl (C=O) groups is 1. The molecule has 0 N–H and O–H groups in total. The molecule has 5 heteroatoms. The van der Waals surface area contributed by atoms with Crippen molar-refractivity contribution in [1.29, 1.82) is 0 Å². The van der Waals surface area contributed by atoms with Crippen LogP contribution < -0.4 is 4.74 Å². The fourth-order valence-corrected chi connectivity index (χ4v) is 3.61. The van der Waals surface area contributed by atoms with E-state index in [1.54, 1.807) is 11.3 Å². The lowest BCUT2D eigenvalue weighted by atomic mass is 10.1. The number of carbonyl (C=O) groups excluding carboxylic acids is 1. The van der Waals surface area contributed by atoms with Gasteiger partial charge in [-0.2, -0.15) is 0 Å². The number of rotatable bonds is 8. The maximum absolute atomic E-state index is 12.6. The Hall–Kier alpha value is -1.88. The molecule has 0 radical (unpaired) electrons. The van der Waals surface area contributed by atoms with Crippen LogP contribution in [0, 0.1) is 19.8 Å². The quantitative estimate of drug-likeness (QED) is 0.663. The topological polar surface area (TPSA) is 42.4 Å². The van der Waals surface area contributed by atoms with Crippen molar-refractivity contribution in [2.45, 2.75) is 66.2 Å². The molecule has 0 bridgehead atoms. The largest absolute Gasteiger partial charge is 0.486 e. The molecule has 2 aromatic rings. The van der Waals surface area contributed by atoms with Crippen LogP contribution in [0.5, 0.6) is 5.75 Å². The SMILES string of the molecule is CCC(C)N(Cc1csc(COc2cccc(C)c2C)n1)C(=O)C1CC1. The van der Waals surface area contributed by atoms with Gasteiger partial charge in [-0.15, -0.1) is 11.3 Å². The Bertz CT molecular complexity index is 767. The standard InChI is InChI=1S/C21H28N2O2S/c1-5-15(3)23(21(24)17-9-10-17)11-18-13-26-20(22-18)12-25-19-8-6-7-14(2)16(19)4/h6-8,13,15,17H,5,9-12H2,1-4H3. The van der Waals surface area contributed by atoms with Crippen LogP contribution in [-0.4, -0.2) is 21.8 Å². The van der Waals surface area contributed by atoms with Crippen LogP contribution in [-0.2, 0) is 17.9 Å². The summed E-state index contributed by atoms with van der Waals surface area (Å²) >= 11 is 1.60. The molecule has 1 aromatic heterocycles. The third-order valence-electron chi connectivity index (χ3n) is 5.17. The lowest BCUT2D eigenvalue weighted by molar-refractivity contribution is -0.135. The Morgan fingerprint density at radius 1 is 1.38 bits per heavy atom. The summed E-state index contributed by atoms with van der Waals surface area (Å²) < 4.78 is 5.95. The number of aryl methyl sites for hydroxylation is 1. The van der Waals surface area contributed by atoms with Crippen LogP contribution in [0.1, 0.15) is 54.9 Å². The Balaban J connectivity index is 1.63. The van der Waals surface area contributed by atoms with E-state index < -0.39 is 0 Å². The minimum Gasteiger partial charge on any atom is -0.486 e. The number of amides is 1. The van der Waals surface area contributed by atoms with Gasteiger partial charge in [0.15, 0.2) is 0 Å². The summed E-state index contributed by atoms with van der Waals surface area (Å²) in [5.74, 6) is 1.45. The van der Waals surface area contributed by atoms with E-state index in [0.717, 1.165) is 35.7 Å². The molecule has 0 aliphatic heterocycles. The van der Waals surface area contributed by atoms with Gasteiger partial charge in [-0.3, -0.25) is 4.79 Å². The average Bonchev–Trinajstić information content (AvgIpc) is 3.40. The highest BCUT2D eigenvalue weighted by molar-refractivity contribution is 7.09. The van der Waals surface area contributed by atoms with E-state index in [2.05, 4.69) is 39.1 Å². The minimum absolute atomic E-state index is 0.245. The van der Waals surface area contributed by atoms with E-state index in [4.69, 9.17) is 9.72 Å². The Labute approximate surface area is 160 Å². The van der Waals surface area contributed by atoms with Crippen molar-refractivity contribution < 1.29 is 9.53 Å². The number of aromatic nitrogens is 1. The molecular formula is C21H28N2O2S. The Kier molecular flexibility index (Phi) is 5.97. The first-order valence-corrected chi connectivity index (χ1v) is 10.3. The monoisotopic (exact) mass is 372 g/mol. The molecule has 1 amide bonds. The van der Waals surface area contributed by atoms with Gasteiger partial charge in [0.25, 0.3) is 0 Å². The van der Waals surface area contributed by atoms with Crippen molar-refractivity contribution in [3.8, 4) is 5.75 Å². The van der Waals surface area contributed by atoms with Gasteiger partial charge in [0.1, 0.15) is 17.4 Å². The first-order valence-electron chi connectivity index (χ1n) is 9.42. The summed E-state index contributed by atoms with van der Waals surface area (Å²) in [4.78, 5) is 19.3. The molecule has 1 aliphatic carbocycles. The second kappa shape index (κ2) is 8.21. The third kappa shape index (κ3) is 4.44. The molecular weight excluding hydrogens is 344 g/mol. The van der Waals surface area contributed by atoms with Gasteiger partial charge in [0.2, 0.25) is 5.91 Å². The van der Waals surface area contributed by atoms with Crippen LogP contribution in [0.2, 0.25) is 0 Å². The predicted octanol–water partition coefficient (Wildman–Crippen LogP) is 4.88. The van der Waals surface area contributed by atoms with Crippen molar-refractivity contribution in [3.63, 3.8) is 0 Å². The van der Waals surface area contributed by atoms with E-state index in [0.29, 0.717) is 19.1 Å². The number of nitrogens with zero attached hydrogens (tertiary/aromatic N) is 2. The normalized spacial score (nSPS) is 14.9. The molecule has 1 fully saturated rings. The summed E-state index contributed by atoms with van der Waals surface area (Å²) in [6.45, 7) is 9.48. The highest BCUT2D eigenvalue weighted by atomic mass is 32.1. The highest BCUT2D eigenvalue weighted by Crippen LogP contribution is 2.32. The second-order valence-electron chi connectivity index (χ2n) is 7.22. The second-order valence-corrected chi connectivity index (χ2v) is 8.16. The predicted molar refractivity (Wildman–Crippen MR) is 105 cm³/mol. The van der Waals surface area contributed by atoms with Gasteiger partial charge in [-0.1, -0.05) is 19.1 Å². The maximum Gasteiger partial charge on any atom is 0.226 e. The van der Waals surface area contributed by atoms with Crippen LogP contribution in [0.4, 0.5) is 0 Å². The number of benzene rings is 1. The molecule has 1 unspecified atom stereocenters. The fourth-order valence-electron chi connectivity index (χ4n) is 2.92. The van der Waals surface area contributed by atoms with Crippen molar-refractivity contribution in [2.75, 3.05) is 0 Å². The van der Waals surface area contributed by atoms with Gasteiger partial charge < -0.3 is 9.64 Å². The van der Waals surface area contributed by atoms with E-state index >= 15 is 0 Å². The van der Waals surface area contributed by atoms with Gasteiger partial charge in [0, 0.05) is 17.3 Å². The number of hydrogen-bond donors (Lipinski definition) is 0. The van der Waals surface area contributed by atoms with Gasteiger partial charge >= 0.3 is 0 Å². The van der Waals surface area contributed by atoms with Crippen LogP contribution in [0.15, 0.2) is 23.6 Å². The maximum atomic E-state index is 12.6. The van der Waals surface area contributed by atoms with E-state index in [9.17, 15) is 4.79 Å². The third-order valence-corrected chi connectivity index (χ3v) is 6.04. The van der Waals surface area contributed by atoms with E-state index in [-0.39, 0.29) is 12.0 Å². The molecule has 1 aliphatic rings. The Morgan fingerprint density at radius 2 is 2.15 bits per heavy atom. The lowest BCUT2D eigenvalue weighted by Crippen LogP contribution is -2.38. The number of ether oxygens (including phenoxy) is 1. The summed E-state index contributed by atoms with van der Waals surface area (Å²) in [6, 6.07) is 6.35. The zero-order valence-corrected chi connectivity index (χ0v) is 16.9. The molecule has 3 rings (SSSR count). The average molecular weight is 373 g/mol. The molecule has 0 spiro atoms. The molecule has 0 saturated heterocycles. The van der Waals surface area contributed by atoms with Crippen LogP contribution in [0.3, 0.4) is 0 Å². The van der Waals surface area contributed by atoms with Gasteiger partial charge in [-0.05, 0) is 57.2 Å². The van der Waals surface area contributed by atoms with E-state index in [1.165, 1.54) is 11.1 Å². The molecule has 1 atom stereocenters. The number of thiazole rings is 1. The summed E-state index contributed by atoms with van der Waals surface area (Å²) in [5, 5.41) is 3.00. The first kappa shape index (κ1) is 18.9. The minimum atomic E-state index is 0.245.